The van der Waals surface area contributed by atoms with Gasteiger partial charge in [0.25, 0.3) is 0 Å². The van der Waals surface area contributed by atoms with Crippen LogP contribution in [0.1, 0.15) is 41.0 Å². The standard InChI is InChI=1S/C13H27F3N2/c1-6-7-17-8-11(4)12(5)18(10(2)3)9-13(14,15)16/h10-12,17H,6-9H2,1-5H3. The molecule has 0 aliphatic rings. The average Bonchev–Trinajstić information content (AvgIpc) is 2.23. The minimum Gasteiger partial charge on any atom is -0.316 e. The van der Waals surface area contributed by atoms with Crippen LogP contribution < -0.4 is 5.32 Å². The van der Waals surface area contributed by atoms with Gasteiger partial charge in [0.15, 0.2) is 0 Å². The Bertz CT molecular complexity index is 217. The van der Waals surface area contributed by atoms with E-state index in [2.05, 4.69) is 12.2 Å². The van der Waals surface area contributed by atoms with E-state index in [1.165, 1.54) is 4.90 Å². The van der Waals surface area contributed by atoms with Crippen LogP contribution in [0.4, 0.5) is 13.2 Å². The monoisotopic (exact) mass is 268 g/mol. The van der Waals surface area contributed by atoms with Crippen molar-refractivity contribution in [3.63, 3.8) is 0 Å². The summed E-state index contributed by atoms with van der Waals surface area (Å²) in [6.07, 6.45) is -3.09. The van der Waals surface area contributed by atoms with E-state index < -0.39 is 12.7 Å². The predicted octanol–water partition coefficient (Wildman–Crippen LogP) is 3.28. The fourth-order valence-electron chi connectivity index (χ4n) is 2.01. The Labute approximate surface area is 109 Å². The van der Waals surface area contributed by atoms with Gasteiger partial charge in [-0.2, -0.15) is 13.2 Å². The molecule has 0 spiro atoms. The molecule has 0 rings (SSSR count). The summed E-state index contributed by atoms with van der Waals surface area (Å²) in [6, 6.07) is -0.189. The van der Waals surface area contributed by atoms with Crippen LogP contribution >= 0.6 is 0 Å². The number of alkyl halides is 3. The SMILES string of the molecule is CCCNCC(C)C(C)N(CC(F)(F)F)C(C)C. The quantitative estimate of drug-likeness (QED) is 0.680. The first-order valence-electron chi connectivity index (χ1n) is 6.72. The number of nitrogens with one attached hydrogen (secondary N) is 1. The summed E-state index contributed by atoms with van der Waals surface area (Å²) in [6.45, 7) is 10.4. The number of hydrogen-bond donors (Lipinski definition) is 1. The van der Waals surface area contributed by atoms with Crippen LogP contribution in [0.2, 0.25) is 0 Å². The van der Waals surface area contributed by atoms with Gasteiger partial charge in [-0.05, 0) is 46.2 Å². The number of halogens is 3. The second-order valence-corrected chi connectivity index (χ2v) is 5.30. The molecule has 5 heteroatoms. The third kappa shape index (κ3) is 7.21. The van der Waals surface area contributed by atoms with Gasteiger partial charge in [0.2, 0.25) is 0 Å². The molecule has 2 unspecified atom stereocenters. The van der Waals surface area contributed by atoms with Crippen LogP contribution in [0, 0.1) is 5.92 Å². The summed E-state index contributed by atoms with van der Waals surface area (Å²) in [4.78, 5) is 1.53. The summed E-state index contributed by atoms with van der Waals surface area (Å²) in [7, 11) is 0. The molecular weight excluding hydrogens is 241 g/mol. The van der Waals surface area contributed by atoms with Crippen molar-refractivity contribution in [2.75, 3.05) is 19.6 Å². The lowest BCUT2D eigenvalue weighted by molar-refractivity contribution is -0.156. The van der Waals surface area contributed by atoms with E-state index in [0.717, 1.165) is 19.5 Å². The normalized spacial score (nSPS) is 16.3. The highest BCUT2D eigenvalue weighted by molar-refractivity contribution is 4.79. The summed E-state index contributed by atoms with van der Waals surface area (Å²) in [5, 5.41) is 3.26. The fraction of sp³-hybridized carbons (Fsp3) is 1.00. The van der Waals surface area contributed by atoms with Gasteiger partial charge in [-0.3, -0.25) is 4.90 Å². The summed E-state index contributed by atoms with van der Waals surface area (Å²) in [5.74, 6) is 0.196. The van der Waals surface area contributed by atoms with Crippen molar-refractivity contribution in [2.24, 2.45) is 5.92 Å². The third-order valence-corrected chi connectivity index (χ3v) is 3.26. The lowest BCUT2D eigenvalue weighted by Crippen LogP contribution is -2.48. The maximum absolute atomic E-state index is 12.5. The van der Waals surface area contributed by atoms with Gasteiger partial charge in [0, 0.05) is 12.1 Å². The molecule has 0 amide bonds. The van der Waals surface area contributed by atoms with Crippen molar-refractivity contribution in [1.29, 1.82) is 0 Å². The largest absolute Gasteiger partial charge is 0.401 e. The van der Waals surface area contributed by atoms with Crippen LogP contribution in [-0.4, -0.2) is 42.8 Å². The molecule has 0 aliphatic heterocycles. The Morgan fingerprint density at radius 3 is 2.06 bits per heavy atom. The lowest BCUT2D eigenvalue weighted by Gasteiger charge is -2.36. The van der Waals surface area contributed by atoms with Crippen molar-refractivity contribution < 1.29 is 13.2 Å². The highest BCUT2D eigenvalue weighted by atomic mass is 19.4. The molecule has 0 radical (unpaired) electrons. The van der Waals surface area contributed by atoms with Crippen LogP contribution in [0.5, 0.6) is 0 Å². The van der Waals surface area contributed by atoms with Crippen molar-refractivity contribution in [1.82, 2.24) is 10.2 Å². The highest BCUT2D eigenvalue weighted by Crippen LogP contribution is 2.22. The Morgan fingerprint density at radius 2 is 1.67 bits per heavy atom. The van der Waals surface area contributed by atoms with E-state index in [0.29, 0.717) is 0 Å². The maximum atomic E-state index is 12.5. The van der Waals surface area contributed by atoms with E-state index in [9.17, 15) is 13.2 Å². The Hall–Kier alpha value is -0.290. The molecule has 0 saturated carbocycles. The molecule has 2 atom stereocenters. The third-order valence-electron chi connectivity index (χ3n) is 3.26. The van der Waals surface area contributed by atoms with Gasteiger partial charge in [-0.25, -0.2) is 0 Å². The zero-order valence-electron chi connectivity index (χ0n) is 12.1. The second-order valence-electron chi connectivity index (χ2n) is 5.30. The molecule has 2 nitrogen and oxygen atoms in total. The van der Waals surface area contributed by atoms with Crippen LogP contribution in [0.3, 0.4) is 0 Å². The van der Waals surface area contributed by atoms with Crippen molar-refractivity contribution in [3.05, 3.63) is 0 Å². The van der Waals surface area contributed by atoms with Gasteiger partial charge < -0.3 is 5.32 Å². The summed E-state index contributed by atoms with van der Waals surface area (Å²) < 4.78 is 37.6. The minimum atomic E-state index is -4.13. The number of rotatable bonds is 8. The topological polar surface area (TPSA) is 15.3 Å². The molecule has 0 saturated heterocycles. The zero-order valence-corrected chi connectivity index (χ0v) is 12.1. The smallest absolute Gasteiger partial charge is 0.316 e. The maximum Gasteiger partial charge on any atom is 0.401 e. The molecule has 0 aromatic heterocycles. The van der Waals surface area contributed by atoms with Crippen molar-refractivity contribution in [3.8, 4) is 0 Å². The fourth-order valence-corrected chi connectivity index (χ4v) is 2.01. The molecule has 18 heavy (non-hydrogen) atoms. The van der Waals surface area contributed by atoms with Gasteiger partial charge in [-0.1, -0.05) is 13.8 Å². The Balaban J connectivity index is 4.41. The second kappa shape index (κ2) is 8.00. The number of hydrogen-bond acceptors (Lipinski definition) is 2. The molecule has 0 aliphatic carbocycles. The van der Waals surface area contributed by atoms with Gasteiger partial charge >= 0.3 is 6.18 Å². The molecular formula is C13H27F3N2. The number of nitrogens with zero attached hydrogens (tertiary/aromatic N) is 1. The molecule has 0 heterocycles. The van der Waals surface area contributed by atoms with Gasteiger partial charge in [0.1, 0.15) is 0 Å². The van der Waals surface area contributed by atoms with E-state index in [1.807, 2.05) is 27.7 Å². The molecule has 0 aromatic rings. The molecule has 0 bridgehead atoms. The average molecular weight is 268 g/mol. The molecule has 0 aromatic carbocycles. The van der Waals surface area contributed by atoms with Crippen LogP contribution in [0.25, 0.3) is 0 Å². The van der Waals surface area contributed by atoms with E-state index >= 15 is 0 Å². The summed E-state index contributed by atoms with van der Waals surface area (Å²) in [5.41, 5.74) is 0. The Kier molecular flexibility index (Phi) is 7.87. The van der Waals surface area contributed by atoms with Gasteiger partial charge in [-0.15, -0.1) is 0 Å². The van der Waals surface area contributed by atoms with E-state index in [1.54, 1.807) is 0 Å². The molecule has 0 fully saturated rings. The zero-order chi connectivity index (χ0) is 14.3. The summed E-state index contributed by atoms with van der Waals surface area (Å²) >= 11 is 0. The first-order valence-corrected chi connectivity index (χ1v) is 6.72. The minimum absolute atomic E-state index is 0.0871. The van der Waals surface area contributed by atoms with Crippen LogP contribution in [0.15, 0.2) is 0 Å². The molecule has 1 N–H and O–H groups in total. The Morgan fingerprint density at radius 1 is 1.11 bits per heavy atom. The van der Waals surface area contributed by atoms with E-state index in [-0.39, 0.29) is 18.0 Å². The first-order chi connectivity index (χ1) is 8.19. The van der Waals surface area contributed by atoms with Crippen molar-refractivity contribution in [2.45, 2.75) is 59.3 Å². The van der Waals surface area contributed by atoms with Gasteiger partial charge in [0.05, 0.1) is 6.54 Å². The first kappa shape index (κ1) is 17.7. The van der Waals surface area contributed by atoms with Crippen molar-refractivity contribution >= 4 is 0 Å². The molecule has 110 valence electrons. The van der Waals surface area contributed by atoms with Crippen LogP contribution in [-0.2, 0) is 0 Å². The van der Waals surface area contributed by atoms with E-state index in [4.69, 9.17) is 0 Å². The lowest BCUT2D eigenvalue weighted by atomic mass is 10.0. The predicted molar refractivity (Wildman–Crippen MR) is 69.7 cm³/mol. The highest BCUT2D eigenvalue weighted by Gasteiger charge is 2.35.